The molecule has 0 aliphatic rings. The lowest BCUT2D eigenvalue weighted by molar-refractivity contribution is -0.153. The minimum Gasteiger partial charge on any atom is -0.484 e. The summed E-state index contributed by atoms with van der Waals surface area (Å²) >= 11 is 1.45. The molecule has 0 spiro atoms. The average molecular weight is 439 g/mol. The fourth-order valence-electron chi connectivity index (χ4n) is 2.93. The summed E-state index contributed by atoms with van der Waals surface area (Å²) in [4.78, 5) is 31.0. The van der Waals surface area contributed by atoms with Gasteiger partial charge in [-0.25, -0.2) is 4.98 Å². The first-order chi connectivity index (χ1) is 14.1. The molecular weight excluding hydrogens is 419 g/mol. The number of anilines is 1. The minimum absolute atomic E-state index is 0.00232. The van der Waals surface area contributed by atoms with Crippen LogP contribution in [0.25, 0.3) is 10.2 Å². The van der Waals surface area contributed by atoms with Gasteiger partial charge in [0.15, 0.2) is 6.61 Å². The number of carbonyl (C=O) groups is 1. The zero-order chi connectivity index (χ0) is 22.1. The van der Waals surface area contributed by atoms with E-state index in [1.54, 1.807) is 13.0 Å². The van der Waals surface area contributed by atoms with Crippen LogP contribution in [0.3, 0.4) is 0 Å². The van der Waals surface area contributed by atoms with Crippen LogP contribution in [0.1, 0.15) is 22.4 Å². The Labute approximate surface area is 174 Å². The standard InChI is InChI=1S/C20H20F3N3O3S/c1-11-13(3)30-18-17(11)19(28)26(10-24-18)8-7-16(27)25-14-5-4-6-15(12(14)2)29-9-20(21,22)23/h4-6,10H,7-9H2,1-3H3,(H,25,27). The van der Waals surface area contributed by atoms with Crippen molar-refractivity contribution in [2.24, 2.45) is 0 Å². The molecule has 0 radical (unpaired) electrons. The second kappa shape index (κ2) is 8.47. The molecule has 0 saturated carbocycles. The van der Waals surface area contributed by atoms with E-state index in [0.717, 1.165) is 10.4 Å². The van der Waals surface area contributed by atoms with Crippen molar-refractivity contribution >= 4 is 33.1 Å². The number of thiophene rings is 1. The predicted octanol–water partition coefficient (Wildman–Crippen LogP) is 4.35. The molecule has 0 atom stereocenters. The Balaban J connectivity index is 1.68. The number of hydrogen-bond acceptors (Lipinski definition) is 5. The van der Waals surface area contributed by atoms with Crippen LogP contribution in [0.15, 0.2) is 29.3 Å². The summed E-state index contributed by atoms with van der Waals surface area (Å²) in [5.41, 5.74) is 1.43. The maximum Gasteiger partial charge on any atom is 0.422 e. The molecule has 2 aromatic heterocycles. The van der Waals surface area contributed by atoms with Gasteiger partial charge in [-0.3, -0.25) is 14.2 Å². The number of aromatic nitrogens is 2. The maximum atomic E-state index is 12.7. The van der Waals surface area contributed by atoms with Gasteiger partial charge in [-0.05, 0) is 38.5 Å². The second-order valence-electron chi connectivity index (χ2n) is 6.84. The van der Waals surface area contributed by atoms with E-state index in [0.29, 0.717) is 21.5 Å². The molecule has 0 aliphatic carbocycles. The maximum absolute atomic E-state index is 12.7. The lowest BCUT2D eigenvalue weighted by Crippen LogP contribution is -2.24. The smallest absolute Gasteiger partial charge is 0.422 e. The number of hydrogen-bond donors (Lipinski definition) is 1. The van der Waals surface area contributed by atoms with E-state index in [-0.39, 0.29) is 30.2 Å². The van der Waals surface area contributed by atoms with E-state index in [9.17, 15) is 22.8 Å². The zero-order valence-corrected chi connectivity index (χ0v) is 17.4. The number of aryl methyl sites for hydroxylation is 3. The van der Waals surface area contributed by atoms with Gasteiger partial charge in [0.05, 0.1) is 11.7 Å². The number of carbonyl (C=O) groups excluding carboxylic acids is 1. The van der Waals surface area contributed by atoms with Gasteiger partial charge >= 0.3 is 6.18 Å². The highest BCUT2D eigenvalue weighted by molar-refractivity contribution is 7.18. The van der Waals surface area contributed by atoms with E-state index in [4.69, 9.17) is 4.74 Å². The molecular formula is C20H20F3N3O3S. The summed E-state index contributed by atoms with van der Waals surface area (Å²) in [6, 6.07) is 4.48. The lowest BCUT2D eigenvalue weighted by atomic mass is 10.1. The van der Waals surface area contributed by atoms with Crippen molar-refractivity contribution in [3.05, 3.63) is 50.9 Å². The molecule has 6 nitrogen and oxygen atoms in total. The SMILES string of the molecule is Cc1sc2ncn(CCC(=O)Nc3cccc(OCC(F)(F)F)c3C)c(=O)c2c1C. The van der Waals surface area contributed by atoms with E-state index in [2.05, 4.69) is 10.3 Å². The van der Waals surface area contributed by atoms with Gasteiger partial charge in [-0.2, -0.15) is 13.2 Å². The molecule has 3 rings (SSSR count). The van der Waals surface area contributed by atoms with E-state index < -0.39 is 12.8 Å². The molecule has 160 valence electrons. The van der Waals surface area contributed by atoms with Crippen molar-refractivity contribution in [2.45, 2.75) is 39.9 Å². The Morgan fingerprint density at radius 2 is 1.97 bits per heavy atom. The summed E-state index contributed by atoms with van der Waals surface area (Å²) < 4.78 is 43.3. The molecule has 1 aromatic carbocycles. The first kappa shape index (κ1) is 21.8. The molecule has 0 fully saturated rings. The summed E-state index contributed by atoms with van der Waals surface area (Å²) in [5, 5.41) is 3.22. The number of nitrogens with zero attached hydrogens (tertiary/aromatic N) is 2. The van der Waals surface area contributed by atoms with Gasteiger partial charge in [0, 0.05) is 29.1 Å². The molecule has 1 N–H and O–H groups in total. The molecule has 0 bridgehead atoms. The van der Waals surface area contributed by atoms with Crippen molar-refractivity contribution in [3.8, 4) is 5.75 Å². The third kappa shape index (κ3) is 4.81. The van der Waals surface area contributed by atoms with Gasteiger partial charge in [0.25, 0.3) is 5.56 Å². The first-order valence-corrected chi connectivity index (χ1v) is 9.92. The molecule has 2 heterocycles. The summed E-state index contributed by atoms with van der Waals surface area (Å²) in [5.74, 6) is -0.337. The highest BCUT2D eigenvalue weighted by Crippen LogP contribution is 2.28. The quantitative estimate of drug-likeness (QED) is 0.620. The Bertz CT molecular complexity index is 1150. The number of alkyl halides is 3. The molecule has 1 amide bonds. The minimum atomic E-state index is -4.45. The molecule has 3 aromatic rings. The molecule has 0 unspecified atom stereocenters. The number of rotatable bonds is 6. The van der Waals surface area contributed by atoms with Crippen molar-refractivity contribution in [2.75, 3.05) is 11.9 Å². The Kier molecular flexibility index (Phi) is 6.16. The molecule has 0 saturated heterocycles. The van der Waals surface area contributed by atoms with Crippen molar-refractivity contribution in [3.63, 3.8) is 0 Å². The normalized spacial score (nSPS) is 11.7. The largest absolute Gasteiger partial charge is 0.484 e. The summed E-state index contributed by atoms with van der Waals surface area (Å²) in [7, 11) is 0. The van der Waals surface area contributed by atoms with Crippen molar-refractivity contribution in [1.82, 2.24) is 9.55 Å². The Hall–Kier alpha value is -2.88. The van der Waals surface area contributed by atoms with Gasteiger partial charge in [0.1, 0.15) is 10.6 Å². The van der Waals surface area contributed by atoms with Crippen LogP contribution in [0.5, 0.6) is 5.75 Å². The molecule has 30 heavy (non-hydrogen) atoms. The van der Waals surface area contributed by atoms with Crippen LogP contribution < -0.4 is 15.6 Å². The third-order valence-corrected chi connectivity index (χ3v) is 5.80. The van der Waals surface area contributed by atoms with Crippen LogP contribution in [-0.4, -0.2) is 28.2 Å². The van der Waals surface area contributed by atoms with Crippen molar-refractivity contribution < 1.29 is 22.7 Å². The average Bonchev–Trinajstić information content (AvgIpc) is 2.96. The van der Waals surface area contributed by atoms with Gasteiger partial charge in [0.2, 0.25) is 5.91 Å². The van der Waals surface area contributed by atoms with Crippen LogP contribution >= 0.6 is 11.3 Å². The number of benzene rings is 1. The summed E-state index contributed by atoms with van der Waals surface area (Å²) in [6.07, 6.45) is -3.03. The molecule has 0 aliphatic heterocycles. The second-order valence-corrected chi connectivity index (χ2v) is 8.04. The number of fused-ring (bicyclic) bond motifs is 1. The van der Waals surface area contributed by atoms with Crippen LogP contribution in [0.2, 0.25) is 0 Å². The fraction of sp³-hybridized carbons (Fsp3) is 0.350. The van der Waals surface area contributed by atoms with E-state index in [1.807, 2.05) is 13.8 Å². The highest BCUT2D eigenvalue weighted by Gasteiger charge is 2.28. The van der Waals surface area contributed by atoms with Crippen LogP contribution in [0, 0.1) is 20.8 Å². The van der Waals surface area contributed by atoms with E-state index in [1.165, 1.54) is 34.4 Å². The lowest BCUT2D eigenvalue weighted by Gasteiger charge is -2.15. The number of halogens is 3. The monoisotopic (exact) mass is 439 g/mol. The predicted molar refractivity (Wildman–Crippen MR) is 109 cm³/mol. The third-order valence-electron chi connectivity index (χ3n) is 4.69. The number of amides is 1. The van der Waals surface area contributed by atoms with Gasteiger partial charge < -0.3 is 10.1 Å². The fourth-order valence-corrected chi connectivity index (χ4v) is 3.92. The number of ether oxygens (including phenoxy) is 1. The van der Waals surface area contributed by atoms with Gasteiger partial charge in [-0.15, -0.1) is 11.3 Å². The van der Waals surface area contributed by atoms with Crippen LogP contribution in [-0.2, 0) is 11.3 Å². The highest BCUT2D eigenvalue weighted by atomic mass is 32.1. The van der Waals surface area contributed by atoms with Crippen LogP contribution in [0.4, 0.5) is 18.9 Å². The van der Waals surface area contributed by atoms with Gasteiger partial charge in [-0.1, -0.05) is 6.07 Å². The first-order valence-electron chi connectivity index (χ1n) is 9.11. The molecule has 10 heteroatoms. The number of nitrogens with one attached hydrogen (secondary N) is 1. The summed E-state index contributed by atoms with van der Waals surface area (Å²) in [6.45, 7) is 4.07. The topological polar surface area (TPSA) is 73.2 Å². The Morgan fingerprint density at radius 1 is 1.23 bits per heavy atom. The Morgan fingerprint density at radius 3 is 2.67 bits per heavy atom. The zero-order valence-electron chi connectivity index (χ0n) is 16.6. The van der Waals surface area contributed by atoms with Crippen molar-refractivity contribution in [1.29, 1.82) is 0 Å². The van der Waals surface area contributed by atoms with E-state index >= 15 is 0 Å².